The Morgan fingerprint density at radius 1 is 0.286 bits per heavy atom. The number of aliphatic hydroxyl groups excluding tert-OH is 4. The standard InChI is InChI=1S/2C18H15OP.2C6H12O2/c2*19-20(16-10-4-1-5-11-16,17-12-6-2-7-13-17)18-14-8-3-9-15-18;2*7-5-3-1-2-4-6(5)8/h2*1-15H;2*5-8H,1-4H2/t;;2*5-,6-/m..00/s1. The van der Waals surface area contributed by atoms with E-state index in [1.54, 1.807) is 0 Å². The van der Waals surface area contributed by atoms with Gasteiger partial charge in [0.2, 0.25) is 0 Å². The summed E-state index contributed by atoms with van der Waals surface area (Å²) in [6.07, 6.45) is 5.62. The van der Waals surface area contributed by atoms with Crippen LogP contribution in [-0.2, 0) is 9.13 Å². The minimum Gasteiger partial charge on any atom is -0.390 e. The van der Waals surface area contributed by atoms with Crippen LogP contribution in [0.5, 0.6) is 0 Å². The van der Waals surface area contributed by atoms with Crippen LogP contribution in [0, 0.1) is 0 Å². The van der Waals surface area contributed by atoms with Crippen molar-refractivity contribution in [3.63, 3.8) is 0 Å². The SMILES string of the molecule is O=P(c1ccccc1)(c1ccccc1)c1ccccc1.O=P(c1ccccc1)(c1ccccc1)c1ccccc1.O[C@H]1CCCC[C@@H]1O.O[C@H]1CCCC[C@@H]1O. The Bertz CT molecular complexity index is 1690. The van der Waals surface area contributed by atoms with Crippen molar-refractivity contribution >= 4 is 46.1 Å². The summed E-state index contributed by atoms with van der Waals surface area (Å²) in [6.45, 7) is 0. The zero-order valence-corrected chi connectivity index (χ0v) is 33.6. The molecule has 2 aliphatic carbocycles. The van der Waals surface area contributed by atoms with Crippen LogP contribution in [0.4, 0.5) is 0 Å². The van der Waals surface area contributed by atoms with E-state index in [0.717, 1.165) is 83.2 Å². The van der Waals surface area contributed by atoms with Gasteiger partial charge in [0.25, 0.3) is 0 Å². The molecule has 2 saturated carbocycles. The number of hydrogen-bond donors (Lipinski definition) is 4. The first-order valence-corrected chi connectivity index (χ1v) is 22.9. The van der Waals surface area contributed by atoms with Gasteiger partial charge in [0, 0.05) is 31.8 Å². The molecule has 0 radical (unpaired) electrons. The fourth-order valence-corrected chi connectivity index (χ4v) is 12.2. The normalized spacial score (nSPS) is 19.4. The number of aliphatic hydroxyl groups is 4. The van der Waals surface area contributed by atoms with Crippen molar-refractivity contribution in [3.8, 4) is 0 Å². The van der Waals surface area contributed by atoms with Crippen molar-refractivity contribution < 1.29 is 29.6 Å². The van der Waals surface area contributed by atoms with Gasteiger partial charge in [0.1, 0.15) is 0 Å². The summed E-state index contributed by atoms with van der Waals surface area (Å²) in [5, 5.41) is 40.9. The maximum absolute atomic E-state index is 13.8. The van der Waals surface area contributed by atoms with Crippen LogP contribution in [0.1, 0.15) is 51.4 Å². The van der Waals surface area contributed by atoms with Crippen molar-refractivity contribution in [1.29, 1.82) is 0 Å². The van der Waals surface area contributed by atoms with Crippen LogP contribution in [0.15, 0.2) is 182 Å². The summed E-state index contributed by atoms with van der Waals surface area (Å²) in [4.78, 5) is 0. The monoisotopic (exact) mass is 788 g/mol. The van der Waals surface area contributed by atoms with Crippen molar-refractivity contribution in [1.82, 2.24) is 0 Å². The Morgan fingerprint density at radius 2 is 0.429 bits per heavy atom. The summed E-state index contributed by atoms with van der Waals surface area (Å²) in [5.41, 5.74) is 0. The third-order valence-corrected chi connectivity index (χ3v) is 16.3. The minimum absolute atomic E-state index is 0.441. The van der Waals surface area contributed by atoms with E-state index >= 15 is 0 Å². The molecule has 2 aliphatic rings. The van der Waals surface area contributed by atoms with E-state index < -0.39 is 38.7 Å². The molecule has 0 unspecified atom stereocenters. The van der Waals surface area contributed by atoms with Crippen molar-refractivity contribution in [2.45, 2.75) is 75.8 Å². The highest BCUT2D eigenvalue weighted by atomic mass is 31.2. The molecule has 6 nitrogen and oxygen atoms in total. The van der Waals surface area contributed by atoms with Gasteiger partial charge in [0.05, 0.1) is 24.4 Å². The molecule has 4 atom stereocenters. The maximum atomic E-state index is 13.8. The van der Waals surface area contributed by atoms with Crippen LogP contribution in [0.25, 0.3) is 0 Å². The van der Waals surface area contributed by atoms with Crippen LogP contribution in [0.3, 0.4) is 0 Å². The van der Waals surface area contributed by atoms with E-state index in [-0.39, 0.29) is 0 Å². The quantitative estimate of drug-likeness (QED) is 0.133. The van der Waals surface area contributed by atoms with Crippen LogP contribution < -0.4 is 31.8 Å². The molecule has 2 fully saturated rings. The molecule has 0 aliphatic heterocycles. The maximum Gasteiger partial charge on any atom is 0.171 e. The summed E-state index contributed by atoms with van der Waals surface area (Å²) >= 11 is 0. The minimum atomic E-state index is -2.78. The van der Waals surface area contributed by atoms with Gasteiger partial charge in [-0.25, -0.2) is 0 Å². The van der Waals surface area contributed by atoms with Gasteiger partial charge < -0.3 is 29.6 Å². The molecule has 0 spiro atoms. The van der Waals surface area contributed by atoms with E-state index in [2.05, 4.69) is 0 Å². The largest absolute Gasteiger partial charge is 0.390 e. The summed E-state index contributed by atoms with van der Waals surface area (Å²) in [7, 11) is -5.55. The second kappa shape index (κ2) is 21.8. The smallest absolute Gasteiger partial charge is 0.171 e. The third-order valence-electron chi connectivity index (χ3n) is 10.1. The van der Waals surface area contributed by atoms with Gasteiger partial charge in [0.15, 0.2) is 14.3 Å². The molecule has 0 saturated heterocycles. The van der Waals surface area contributed by atoms with Gasteiger partial charge in [-0.1, -0.05) is 208 Å². The summed E-state index contributed by atoms with van der Waals surface area (Å²) in [6, 6.07) is 58.3. The topological polar surface area (TPSA) is 115 Å². The molecule has 0 bridgehead atoms. The first-order valence-electron chi connectivity index (χ1n) is 19.5. The van der Waals surface area contributed by atoms with E-state index in [1.165, 1.54) is 0 Å². The number of rotatable bonds is 6. The van der Waals surface area contributed by atoms with Crippen LogP contribution >= 0.6 is 14.3 Å². The fourth-order valence-electron chi connectivity index (χ4n) is 6.91. The highest BCUT2D eigenvalue weighted by Crippen LogP contribution is 2.43. The lowest BCUT2D eigenvalue weighted by Gasteiger charge is -2.22. The predicted molar refractivity (Wildman–Crippen MR) is 233 cm³/mol. The van der Waals surface area contributed by atoms with Gasteiger partial charge in [-0.2, -0.15) is 0 Å². The van der Waals surface area contributed by atoms with Crippen LogP contribution in [-0.4, -0.2) is 44.8 Å². The Morgan fingerprint density at radius 3 is 0.554 bits per heavy atom. The first kappa shape index (κ1) is 42.8. The molecular formula is C48H54O6P2. The van der Waals surface area contributed by atoms with Crippen LogP contribution in [0.2, 0.25) is 0 Å². The Kier molecular flexibility index (Phi) is 16.6. The molecule has 6 aromatic rings. The molecule has 0 aromatic heterocycles. The molecule has 0 amide bonds. The average molecular weight is 789 g/mol. The second-order valence-corrected chi connectivity index (χ2v) is 19.6. The molecule has 56 heavy (non-hydrogen) atoms. The Balaban J connectivity index is 0.000000156. The number of hydrogen-bond acceptors (Lipinski definition) is 6. The lowest BCUT2D eigenvalue weighted by atomic mass is 9.95. The van der Waals surface area contributed by atoms with E-state index in [1.807, 2.05) is 182 Å². The van der Waals surface area contributed by atoms with Gasteiger partial charge in [-0.15, -0.1) is 0 Å². The zero-order valence-electron chi connectivity index (χ0n) is 31.8. The van der Waals surface area contributed by atoms with Gasteiger partial charge in [-0.05, 0) is 25.7 Å². The zero-order chi connectivity index (χ0) is 39.6. The van der Waals surface area contributed by atoms with Crippen molar-refractivity contribution in [2.75, 3.05) is 0 Å². The average Bonchev–Trinajstić information content (AvgIpc) is 3.28. The van der Waals surface area contributed by atoms with Crippen molar-refractivity contribution in [2.24, 2.45) is 0 Å². The summed E-state index contributed by atoms with van der Waals surface area (Å²) in [5.74, 6) is 0. The number of benzene rings is 6. The molecule has 4 N–H and O–H groups in total. The van der Waals surface area contributed by atoms with E-state index in [4.69, 9.17) is 20.4 Å². The highest BCUT2D eigenvalue weighted by Gasteiger charge is 2.30. The Hall–Kier alpha value is -4.38. The molecule has 8 rings (SSSR count). The molecule has 6 aromatic carbocycles. The lowest BCUT2D eigenvalue weighted by molar-refractivity contribution is -0.00865. The molecule has 292 valence electrons. The van der Waals surface area contributed by atoms with E-state index in [9.17, 15) is 9.13 Å². The Labute approximate surface area is 332 Å². The molecular weight excluding hydrogens is 734 g/mol. The van der Waals surface area contributed by atoms with E-state index in [0.29, 0.717) is 0 Å². The second-order valence-electron chi connectivity index (χ2n) is 14.1. The predicted octanol–water partition coefficient (Wildman–Crippen LogP) is 7.22. The summed E-state index contributed by atoms with van der Waals surface area (Å²) < 4.78 is 27.6. The van der Waals surface area contributed by atoms with Gasteiger partial charge >= 0.3 is 0 Å². The highest BCUT2D eigenvalue weighted by molar-refractivity contribution is 7.85. The van der Waals surface area contributed by atoms with Gasteiger partial charge in [-0.3, -0.25) is 0 Å². The first-order chi connectivity index (χ1) is 27.2. The fraction of sp³-hybridized carbons (Fsp3) is 0.250. The lowest BCUT2D eigenvalue weighted by Crippen LogP contribution is -2.28. The van der Waals surface area contributed by atoms with Crippen molar-refractivity contribution in [3.05, 3.63) is 182 Å². The molecule has 0 heterocycles. The molecule has 8 heteroatoms. The third kappa shape index (κ3) is 11.4.